The first-order valence-corrected chi connectivity index (χ1v) is 7.43. The van der Waals surface area contributed by atoms with E-state index in [0.29, 0.717) is 17.9 Å². The second-order valence-corrected chi connectivity index (χ2v) is 5.86. The minimum atomic E-state index is -0.0261. The van der Waals surface area contributed by atoms with Crippen LogP contribution < -0.4 is 4.74 Å². The molecule has 0 fully saturated rings. The Bertz CT molecular complexity index is 642. The summed E-state index contributed by atoms with van der Waals surface area (Å²) in [6, 6.07) is 13.0. The molecule has 2 aromatic rings. The molecule has 0 amide bonds. The molecule has 0 aliphatic heterocycles. The molecule has 0 aliphatic carbocycles. The summed E-state index contributed by atoms with van der Waals surface area (Å²) in [5.74, 6) is 0.671. The van der Waals surface area contributed by atoms with Gasteiger partial charge in [0.2, 0.25) is 0 Å². The number of ether oxygens (including phenoxy) is 1. The van der Waals surface area contributed by atoms with E-state index in [-0.39, 0.29) is 6.61 Å². The van der Waals surface area contributed by atoms with Gasteiger partial charge in [-0.15, -0.1) is 0 Å². The van der Waals surface area contributed by atoms with Gasteiger partial charge in [0, 0.05) is 0 Å². The normalized spacial score (nSPS) is 10.1. The van der Waals surface area contributed by atoms with Crippen LogP contribution in [0.5, 0.6) is 5.75 Å². The molecule has 0 unspecified atom stereocenters. The summed E-state index contributed by atoms with van der Waals surface area (Å²) in [6.45, 7) is 0.340. The van der Waals surface area contributed by atoms with Gasteiger partial charge in [-0.25, -0.2) is 0 Å². The fourth-order valence-electron chi connectivity index (χ4n) is 1.73. The first-order chi connectivity index (χ1) is 9.63. The van der Waals surface area contributed by atoms with Crippen molar-refractivity contribution >= 4 is 31.9 Å². The largest absolute Gasteiger partial charge is 0.487 e. The lowest BCUT2D eigenvalue weighted by molar-refractivity contribution is 0.280. The van der Waals surface area contributed by atoms with Crippen molar-refractivity contribution in [3.63, 3.8) is 0 Å². The van der Waals surface area contributed by atoms with Crippen LogP contribution in [-0.2, 0) is 13.2 Å². The van der Waals surface area contributed by atoms with Crippen LogP contribution in [0.2, 0.25) is 0 Å². The maximum atomic E-state index is 9.13. The third-order valence-corrected chi connectivity index (χ3v) is 3.86. The zero-order valence-electron chi connectivity index (χ0n) is 10.4. The number of rotatable bonds is 4. The van der Waals surface area contributed by atoms with Crippen molar-refractivity contribution in [2.45, 2.75) is 13.2 Å². The molecule has 2 rings (SSSR count). The van der Waals surface area contributed by atoms with E-state index >= 15 is 0 Å². The molecule has 0 saturated heterocycles. The molecule has 3 nitrogen and oxygen atoms in total. The predicted molar refractivity (Wildman–Crippen MR) is 83.3 cm³/mol. The van der Waals surface area contributed by atoms with Gasteiger partial charge in [-0.05, 0) is 67.3 Å². The van der Waals surface area contributed by atoms with E-state index < -0.39 is 0 Å². The van der Waals surface area contributed by atoms with Crippen molar-refractivity contribution in [3.8, 4) is 11.8 Å². The van der Waals surface area contributed by atoms with E-state index in [1.165, 1.54) is 0 Å². The van der Waals surface area contributed by atoms with E-state index in [1.54, 1.807) is 12.1 Å². The highest BCUT2D eigenvalue weighted by molar-refractivity contribution is 9.11. The molecule has 102 valence electrons. The molecular formula is C15H11Br2NO2. The van der Waals surface area contributed by atoms with Crippen LogP contribution in [0.15, 0.2) is 45.3 Å². The zero-order chi connectivity index (χ0) is 14.5. The molecule has 0 atom stereocenters. The smallest absolute Gasteiger partial charge is 0.148 e. The second kappa shape index (κ2) is 6.89. The van der Waals surface area contributed by atoms with Gasteiger partial charge in [0.25, 0.3) is 0 Å². The highest BCUT2D eigenvalue weighted by Gasteiger charge is 2.09. The Labute approximate surface area is 134 Å². The quantitative estimate of drug-likeness (QED) is 0.844. The molecule has 0 aromatic heterocycles. The summed E-state index contributed by atoms with van der Waals surface area (Å²) >= 11 is 6.84. The van der Waals surface area contributed by atoms with Gasteiger partial charge in [0.1, 0.15) is 12.4 Å². The maximum Gasteiger partial charge on any atom is 0.148 e. The fourth-order valence-corrected chi connectivity index (χ4v) is 3.24. The number of aliphatic hydroxyl groups is 1. The third kappa shape index (κ3) is 3.60. The summed E-state index contributed by atoms with van der Waals surface area (Å²) in [5, 5.41) is 18.0. The predicted octanol–water partition coefficient (Wildman–Crippen LogP) is 4.15. The lowest BCUT2D eigenvalue weighted by Gasteiger charge is -2.12. The van der Waals surface area contributed by atoms with Crippen molar-refractivity contribution in [2.24, 2.45) is 0 Å². The standard InChI is InChI=1S/C15H11Br2NO2/c16-13-5-12(8-19)6-14(17)15(13)20-9-11-3-1-2-10(4-11)7-18/h1-6,19H,8-9H2. The van der Waals surface area contributed by atoms with Crippen LogP contribution in [0, 0.1) is 11.3 Å². The van der Waals surface area contributed by atoms with Crippen LogP contribution in [0.1, 0.15) is 16.7 Å². The van der Waals surface area contributed by atoms with Crippen LogP contribution in [0.4, 0.5) is 0 Å². The number of halogens is 2. The highest BCUT2D eigenvalue weighted by atomic mass is 79.9. The van der Waals surface area contributed by atoms with Crippen molar-refractivity contribution in [2.75, 3.05) is 0 Å². The first kappa shape index (κ1) is 15.0. The molecule has 0 radical (unpaired) electrons. The fraction of sp³-hybridized carbons (Fsp3) is 0.133. The second-order valence-electron chi connectivity index (χ2n) is 4.15. The molecule has 1 N–H and O–H groups in total. The van der Waals surface area contributed by atoms with E-state index in [9.17, 15) is 0 Å². The van der Waals surface area contributed by atoms with E-state index in [1.807, 2.05) is 24.3 Å². The summed E-state index contributed by atoms with van der Waals surface area (Å²) in [5.41, 5.74) is 2.33. The van der Waals surface area contributed by atoms with E-state index in [2.05, 4.69) is 37.9 Å². The molecule has 0 aliphatic rings. The average molecular weight is 397 g/mol. The van der Waals surface area contributed by atoms with Crippen molar-refractivity contribution in [3.05, 3.63) is 62.0 Å². The minimum Gasteiger partial charge on any atom is -0.487 e. The lowest BCUT2D eigenvalue weighted by Crippen LogP contribution is -1.98. The summed E-state index contributed by atoms with van der Waals surface area (Å²) in [7, 11) is 0. The SMILES string of the molecule is N#Cc1cccc(COc2c(Br)cc(CO)cc2Br)c1. The van der Waals surface area contributed by atoms with Crippen molar-refractivity contribution < 1.29 is 9.84 Å². The van der Waals surface area contributed by atoms with Crippen LogP contribution in [0.25, 0.3) is 0 Å². The Morgan fingerprint density at radius 3 is 2.40 bits per heavy atom. The maximum absolute atomic E-state index is 9.13. The Kier molecular flexibility index (Phi) is 5.18. The molecule has 0 spiro atoms. The van der Waals surface area contributed by atoms with Crippen LogP contribution in [0.3, 0.4) is 0 Å². The number of hydrogen-bond donors (Lipinski definition) is 1. The zero-order valence-corrected chi connectivity index (χ0v) is 13.6. The average Bonchev–Trinajstić information content (AvgIpc) is 2.46. The Morgan fingerprint density at radius 2 is 1.80 bits per heavy atom. The molecule has 0 saturated carbocycles. The van der Waals surface area contributed by atoms with Gasteiger partial charge in [-0.3, -0.25) is 0 Å². The van der Waals surface area contributed by atoms with Crippen LogP contribution in [-0.4, -0.2) is 5.11 Å². The molecule has 2 aromatic carbocycles. The Morgan fingerprint density at radius 1 is 1.10 bits per heavy atom. The number of nitriles is 1. The van der Waals surface area contributed by atoms with Gasteiger partial charge < -0.3 is 9.84 Å². The van der Waals surface area contributed by atoms with Gasteiger partial charge in [0.15, 0.2) is 0 Å². The van der Waals surface area contributed by atoms with Crippen molar-refractivity contribution in [1.29, 1.82) is 5.26 Å². The van der Waals surface area contributed by atoms with Gasteiger partial charge >= 0.3 is 0 Å². The van der Waals surface area contributed by atoms with Gasteiger partial charge in [-0.1, -0.05) is 12.1 Å². The van der Waals surface area contributed by atoms with E-state index in [4.69, 9.17) is 15.1 Å². The topological polar surface area (TPSA) is 53.2 Å². The third-order valence-electron chi connectivity index (χ3n) is 2.68. The molecule has 0 heterocycles. The number of benzene rings is 2. The molecule has 5 heteroatoms. The molecule has 0 bridgehead atoms. The summed E-state index contributed by atoms with van der Waals surface area (Å²) in [6.07, 6.45) is 0. The van der Waals surface area contributed by atoms with Crippen molar-refractivity contribution in [1.82, 2.24) is 0 Å². The monoisotopic (exact) mass is 395 g/mol. The summed E-state index contributed by atoms with van der Waals surface area (Å²) in [4.78, 5) is 0. The summed E-state index contributed by atoms with van der Waals surface area (Å²) < 4.78 is 7.31. The van der Waals surface area contributed by atoms with E-state index in [0.717, 1.165) is 20.1 Å². The first-order valence-electron chi connectivity index (χ1n) is 5.84. The number of hydrogen-bond acceptors (Lipinski definition) is 3. The number of aliphatic hydroxyl groups excluding tert-OH is 1. The number of nitrogens with zero attached hydrogens (tertiary/aromatic N) is 1. The Hall–Kier alpha value is -1.35. The Balaban J connectivity index is 2.17. The minimum absolute atomic E-state index is 0.0261. The molecule has 20 heavy (non-hydrogen) atoms. The van der Waals surface area contributed by atoms with Gasteiger partial charge in [0.05, 0.1) is 27.2 Å². The van der Waals surface area contributed by atoms with Crippen LogP contribution >= 0.6 is 31.9 Å². The molecular weight excluding hydrogens is 386 g/mol. The highest BCUT2D eigenvalue weighted by Crippen LogP contribution is 2.35. The lowest BCUT2D eigenvalue weighted by atomic mass is 10.1. The van der Waals surface area contributed by atoms with Gasteiger partial charge in [-0.2, -0.15) is 5.26 Å².